The van der Waals surface area contributed by atoms with E-state index in [4.69, 9.17) is 0 Å². The van der Waals surface area contributed by atoms with Crippen LogP contribution in [0.5, 0.6) is 0 Å². The van der Waals surface area contributed by atoms with E-state index in [1.54, 1.807) is 6.07 Å². The van der Waals surface area contributed by atoms with Crippen LogP contribution in [-0.2, 0) is 0 Å². The molecule has 102 valence electrons. The maximum absolute atomic E-state index is 10.9. The van der Waals surface area contributed by atoms with Crippen LogP contribution in [0, 0.1) is 10.1 Å². The summed E-state index contributed by atoms with van der Waals surface area (Å²) in [6, 6.07) is 3.06. The van der Waals surface area contributed by atoms with Crippen LogP contribution >= 0.6 is 0 Å². The summed E-state index contributed by atoms with van der Waals surface area (Å²) in [5.41, 5.74) is 1.07. The summed E-state index contributed by atoms with van der Waals surface area (Å²) < 4.78 is 4.63. The first-order valence-corrected chi connectivity index (χ1v) is 6.18. The fraction of sp³-hybridized carbons (Fsp3) is 0.500. The number of non-ortho nitro benzene ring substituents is 1. The minimum atomic E-state index is -0.491. The lowest BCUT2D eigenvalue weighted by Gasteiger charge is -2.29. The first kappa shape index (κ1) is 13.3. The lowest BCUT2D eigenvalue weighted by Crippen LogP contribution is -2.33. The smallest absolute Gasteiger partial charge is 0.300 e. The van der Waals surface area contributed by atoms with Gasteiger partial charge in [0, 0.05) is 11.6 Å². The molecule has 1 heterocycles. The monoisotopic (exact) mass is 264 g/mol. The molecule has 0 bridgehead atoms. The Labute approximate surface area is 110 Å². The molecule has 2 rings (SSSR count). The molecular weight excluding hydrogens is 248 g/mol. The Hall–Kier alpha value is -2.18. The van der Waals surface area contributed by atoms with Crippen molar-refractivity contribution in [1.82, 2.24) is 10.3 Å². The molecule has 1 aromatic heterocycles. The first-order chi connectivity index (χ1) is 9.00. The van der Waals surface area contributed by atoms with Gasteiger partial charge in [-0.1, -0.05) is 13.8 Å². The second kappa shape index (κ2) is 4.83. The third-order valence-electron chi connectivity index (χ3n) is 3.59. The molecular formula is C12H16N4O3. The van der Waals surface area contributed by atoms with Gasteiger partial charge in [-0.3, -0.25) is 10.1 Å². The van der Waals surface area contributed by atoms with E-state index in [2.05, 4.69) is 41.0 Å². The van der Waals surface area contributed by atoms with Crippen molar-refractivity contribution in [2.45, 2.75) is 39.2 Å². The number of nitrogens with zero attached hydrogens (tertiary/aromatic N) is 3. The van der Waals surface area contributed by atoms with Gasteiger partial charge in [-0.05, 0) is 36.1 Å². The van der Waals surface area contributed by atoms with E-state index < -0.39 is 4.92 Å². The van der Waals surface area contributed by atoms with Gasteiger partial charge >= 0.3 is 5.69 Å². The molecule has 0 unspecified atom stereocenters. The number of aromatic nitrogens is 2. The SMILES string of the molecule is CCC(C)(CC)Nc1ccc([N+](=O)[O-])c2nonc12. The number of nitrogens with one attached hydrogen (secondary N) is 1. The Morgan fingerprint density at radius 3 is 2.53 bits per heavy atom. The lowest BCUT2D eigenvalue weighted by atomic mass is 9.95. The fourth-order valence-electron chi connectivity index (χ4n) is 1.85. The van der Waals surface area contributed by atoms with E-state index in [0.29, 0.717) is 11.2 Å². The molecule has 0 atom stereocenters. The highest BCUT2D eigenvalue weighted by Gasteiger charge is 2.24. The molecule has 0 aliphatic carbocycles. The van der Waals surface area contributed by atoms with Crippen LogP contribution in [0.4, 0.5) is 11.4 Å². The standard InChI is InChI=1S/C12H16N4O3/c1-4-12(3,5-2)13-8-6-7-9(16(17)18)11-10(8)14-19-15-11/h6-7,13H,4-5H2,1-3H3. The molecule has 0 spiro atoms. The number of anilines is 1. The molecule has 2 aromatic rings. The van der Waals surface area contributed by atoms with Crippen LogP contribution < -0.4 is 5.32 Å². The second-order valence-electron chi connectivity index (χ2n) is 4.74. The predicted octanol–water partition coefficient (Wildman–Crippen LogP) is 3.12. The molecule has 0 saturated heterocycles. The number of rotatable bonds is 5. The van der Waals surface area contributed by atoms with Crippen LogP contribution in [0.2, 0.25) is 0 Å². The number of hydrogen-bond donors (Lipinski definition) is 1. The van der Waals surface area contributed by atoms with Gasteiger partial charge in [0.05, 0.1) is 10.6 Å². The van der Waals surface area contributed by atoms with Crippen molar-refractivity contribution in [3.63, 3.8) is 0 Å². The van der Waals surface area contributed by atoms with Crippen molar-refractivity contribution >= 4 is 22.4 Å². The Morgan fingerprint density at radius 2 is 1.95 bits per heavy atom. The maximum atomic E-state index is 10.9. The third-order valence-corrected chi connectivity index (χ3v) is 3.59. The highest BCUT2D eigenvalue weighted by atomic mass is 16.6. The van der Waals surface area contributed by atoms with E-state index in [0.717, 1.165) is 12.8 Å². The molecule has 0 amide bonds. The van der Waals surface area contributed by atoms with Crippen molar-refractivity contribution in [3.05, 3.63) is 22.2 Å². The largest absolute Gasteiger partial charge is 0.378 e. The fourth-order valence-corrected chi connectivity index (χ4v) is 1.85. The Balaban J connectivity index is 2.49. The summed E-state index contributed by atoms with van der Waals surface area (Å²) in [6.07, 6.45) is 1.85. The number of nitro benzene ring substituents is 1. The molecule has 7 nitrogen and oxygen atoms in total. The van der Waals surface area contributed by atoms with Crippen molar-refractivity contribution in [2.75, 3.05) is 5.32 Å². The molecule has 1 N–H and O–H groups in total. The van der Waals surface area contributed by atoms with Gasteiger partial charge in [0.15, 0.2) is 5.52 Å². The molecule has 7 heteroatoms. The minimum Gasteiger partial charge on any atom is -0.378 e. The average Bonchev–Trinajstić information content (AvgIpc) is 2.88. The topological polar surface area (TPSA) is 94.1 Å². The molecule has 19 heavy (non-hydrogen) atoms. The highest BCUT2D eigenvalue weighted by Crippen LogP contribution is 2.31. The third kappa shape index (κ3) is 2.35. The minimum absolute atomic E-state index is 0.0952. The summed E-state index contributed by atoms with van der Waals surface area (Å²) in [4.78, 5) is 10.4. The second-order valence-corrected chi connectivity index (χ2v) is 4.74. The molecule has 0 fully saturated rings. The summed E-state index contributed by atoms with van der Waals surface area (Å²) in [5.74, 6) is 0. The van der Waals surface area contributed by atoms with E-state index in [1.807, 2.05) is 0 Å². The number of nitro groups is 1. The van der Waals surface area contributed by atoms with Crippen LogP contribution in [0.1, 0.15) is 33.6 Å². The van der Waals surface area contributed by atoms with Gasteiger partial charge in [0.25, 0.3) is 0 Å². The van der Waals surface area contributed by atoms with Crippen LogP contribution in [-0.4, -0.2) is 20.8 Å². The van der Waals surface area contributed by atoms with Gasteiger partial charge in [0.1, 0.15) is 0 Å². The van der Waals surface area contributed by atoms with Crippen molar-refractivity contribution < 1.29 is 9.55 Å². The van der Waals surface area contributed by atoms with Gasteiger partial charge in [-0.25, -0.2) is 4.63 Å². The van der Waals surface area contributed by atoms with Crippen LogP contribution in [0.25, 0.3) is 11.0 Å². The average molecular weight is 264 g/mol. The van der Waals surface area contributed by atoms with E-state index in [1.165, 1.54) is 6.07 Å². The summed E-state index contributed by atoms with van der Waals surface area (Å²) in [6.45, 7) is 6.26. The van der Waals surface area contributed by atoms with E-state index >= 15 is 0 Å². The zero-order valence-electron chi connectivity index (χ0n) is 11.1. The summed E-state index contributed by atoms with van der Waals surface area (Å²) >= 11 is 0. The van der Waals surface area contributed by atoms with Crippen molar-refractivity contribution in [1.29, 1.82) is 0 Å². The zero-order chi connectivity index (χ0) is 14.0. The number of benzene rings is 1. The van der Waals surface area contributed by atoms with Gasteiger partial charge in [-0.15, -0.1) is 0 Å². The Bertz CT molecular complexity index is 604. The van der Waals surface area contributed by atoms with Gasteiger partial charge in [-0.2, -0.15) is 0 Å². The lowest BCUT2D eigenvalue weighted by molar-refractivity contribution is -0.383. The van der Waals surface area contributed by atoms with Crippen molar-refractivity contribution in [3.8, 4) is 0 Å². The van der Waals surface area contributed by atoms with Gasteiger partial charge < -0.3 is 5.32 Å². The number of hydrogen-bond acceptors (Lipinski definition) is 6. The predicted molar refractivity (Wildman–Crippen MR) is 71.1 cm³/mol. The zero-order valence-corrected chi connectivity index (χ0v) is 11.1. The van der Waals surface area contributed by atoms with Crippen LogP contribution in [0.15, 0.2) is 16.8 Å². The van der Waals surface area contributed by atoms with Gasteiger partial charge in [0.2, 0.25) is 5.52 Å². The maximum Gasteiger partial charge on any atom is 0.300 e. The normalized spacial score (nSPS) is 11.7. The molecule has 0 aliphatic heterocycles. The summed E-state index contributed by atoms with van der Waals surface area (Å²) in [5, 5.41) is 21.6. The summed E-state index contributed by atoms with van der Waals surface area (Å²) in [7, 11) is 0. The molecule has 0 aliphatic rings. The molecule has 0 saturated carbocycles. The van der Waals surface area contributed by atoms with Crippen molar-refractivity contribution in [2.24, 2.45) is 0 Å². The Kier molecular flexibility index (Phi) is 3.37. The Morgan fingerprint density at radius 1 is 1.32 bits per heavy atom. The quantitative estimate of drug-likeness (QED) is 0.658. The van der Waals surface area contributed by atoms with E-state index in [9.17, 15) is 10.1 Å². The molecule has 0 radical (unpaired) electrons. The van der Waals surface area contributed by atoms with E-state index in [-0.39, 0.29) is 16.7 Å². The number of fused-ring (bicyclic) bond motifs is 1. The van der Waals surface area contributed by atoms with Crippen LogP contribution in [0.3, 0.4) is 0 Å². The first-order valence-electron chi connectivity index (χ1n) is 6.18. The molecule has 1 aromatic carbocycles. The highest BCUT2D eigenvalue weighted by molar-refractivity contribution is 5.93.